The van der Waals surface area contributed by atoms with Crippen molar-refractivity contribution < 1.29 is 14.3 Å². The van der Waals surface area contributed by atoms with Crippen LogP contribution in [0.2, 0.25) is 0 Å². The monoisotopic (exact) mass is 200 g/mol. The normalized spacial score (nSPS) is 26.0. The van der Waals surface area contributed by atoms with E-state index in [0.29, 0.717) is 0 Å². The molecule has 0 aromatic carbocycles. The zero-order valence-corrected chi connectivity index (χ0v) is 9.50. The molecular weight excluding hydrogens is 180 g/mol. The molecule has 1 aliphatic heterocycles. The summed E-state index contributed by atoms with van der Waals surface area (Å²) in [7, 11) is 0. The molecule has 0 aliphatic carbocycles. The maximum Gasteiger partial charge on any atom is 0.338 e. The lowest BCUT2D eigenvalue weighted by Gasteiger charge is -2.18. The van der Waals surface area contributed by atoms with Crippen LogP contribution in [0.3, 0.4) is 0 Å². The van der Waals surface area contributed by atoms with Crippen molar-refractivity contribution in [1.29, 1.82) is 0 Å². The largest absolute Gasteiger partial charge is 0.458 e. The Labute approximate surface area is 85.8 Å². The van der Waals surface area contributed by atoms with Crippen molar-refractivity contribution >= 4 is 5.97 Å². The minimum Gasteiger partial charge on any atom is -0.458 e. The molecule has 0 N–H and O–H groups in total. The van der Waals surface area contributed by atoms with Crippen LogP contribution in [0.15, 0.2) is 0 Å². The number of esters is 1. The number of epoxide rings is 1. The first-order valence-corrected chi connectivity index (χ1v) is 5.32. The quantitative estimate of drug-likeness (QED) is 0.516. The van der Waals surface area contributed by atoms with E-state index in [0.717, 1.165) is 19.3 Å². The highest BCUT2D eigenvalue weighted by Crippen LogP contribution is 2.29. The Bertz CT molecular complexity index is 205. The lowest BCUT2D eigenvalue weighted by molar-refractivity contribution is -0.156. The molecule has 1 saturated heterocycles. The molecule has 0 aromatic rings. The summed E-state index contributed by atoms with van der Waals surface area (Å²) in [6, 6.07) is 0. The van der Waals surface area contributed by atoms with Crippen LogP contribution in [0.25, 0.3) is 0 Å². The van der Waals surface area contributed by atoms with E-state index in [2.05, 4.69) is 6.92 Å². The van der Waals surface area contributed by atoms with Crippen molar-refractivity contribution in [3.8, 4) is 0 Å². The number of carbonyl (C=O) groups is 1. The first kappa shape index (κ1) is 11.5. The summed E-state index contributed by atoms with van der Waals surface area (Å²) in [6.07, 6.45) is 3.05. The van der Waals surface area contributed by atoms with Crippen molar-refractivity contribution in [3.63, 3.8) is 0 Å². The van der Waals surface area contributed by atoms with Crippen LogP contribution >= 0.6 is 0 Å². The lowest BCUT2D eigenvalue weighted by Crippen LogP contribution is -2.27. The van der Waals surface area contributed by atoms with Gasteiger partial charge in [0.15, 0.2) is 6.10 Å². The molecule has 2 atom stereocenters. The van der Waals surface area contributed by atoms with Gasteiger partial charge in [-0.2, -0.15) is 0 Å². The van der Waals surface area contributed by atoms with Gasteiger partial charge >= 0.3 is 5.97 Å². The van der Waals surface area contributed by atoms with Gasteiger partial charge in [-0.15, -0.1) is 0 Å². The number of rotatable bonds is 4. The Kier molecular flexibility index (Phi) is 3.53. The minimum atomic E-state index is -0.404. The number of hydrogen-bond acceptors (Lipinski definition) is 3. The Hall–Kier alpha value is -0.570. The van der Waals surface area contributed by atoms with Crippen LogP contribution in [0, 0.1) is 0 Å². The summed E-state index contributed by atoms with van der Waals surface area (Å²) in [4.78, 5) is 11.4. The summed E-state index contributed by atoms with van der Waals surface area (Å²) in [5.74, 6) is -0.210. The van der Waals surface area contributed by atoms with Gasteiger partial charge < -0.3 is 9.47 Å². The van der Waals surface area contributed by atoms with Gasteiger partial charge in [0.25, 0.3) is 0 Å². The van der Waals surface area contributed by atoms with Gasteiger partial charge in [0.2, 0.25) is 0 Å². The van der Waals surface area contributed by atoms with Crippen LogP contribution in [-0.2, 0) is 14.3 Å². The van der Waals surface area contributed by atoms with Crippen LogP contribution in [-0.4, -0.2) is 23.8 Å². The van der Waals surface area contributed by atoms with Crippen LogP contribution in [0.4, 0.5) is 0 Å². The van der Waals surface area contributed by atoms with Gasteiger partial charge in [-0.1, -0.05) is 19.8 Å². The second-order valence-electron chi connectivity index (χ2n) is 4.77. The second-order valence-corrected chi connectivity index (χ2v) is 4.77. The second kappa shape index (κ2) is 4.30. The predicted octanol–water partition coefficient (Wildman–Crippen LogP) is 2.29. The van der Waals surface area contributed by atoms with E-state index >= 15 is 0 Å². The molecule has 0 bridgehead atoms. The summed E-state index contributed by atoms with van der Waals surface area (Å²) in [5.41, 5.74) is -0.404. The zero-order chi connectivity index (χ0) is 10.8. The molecular formula is C11H20O3. The maximum atomic E-state index is 11.4. The smallest absolute Gasteiger partial charge is 0.338 e. The minimum absolute atomic E-state index is 0.116. The molecule has 3 nitrogen and oxygen atoms in total. The van der Waals surface area contributed by atoms with E-state index in [4.69, 9.17) is 9.47 Å². The van der Waals surface area contributed by atoms with E-state index in [1.165, 1.54) is 0 Å². The number of carbonyl (C=O) groups excluding carboxylic acids is 1. The molecule has 1 rings (SSSR count). The molecule has 1 fully saturated rings. The van der Waals surface area contributed by atoms with E-state index in [9.17, 15) is 4.79 Å². The van der Waals surface area contributed by atoms with Crippen molar-refractivity contribution in [1.82, 2.24) is 0 Å². The van der Waals surface area contributed by atoms with Crippen molar-refractivity contribution in [2.45, 2.75) is 64.8 Å². The van der Waals surface area contributed by atoms with E-state index in [1.54, 1.807) is 0 Å². The zero-order valence-electron chi connectivity index (χ0n) is 9.50. The highest BCUT2D eigenvalue weighted by Gasteiger charge is 2.46. The molecule has 1 aliphatic rings. The Morgan fingerprint density at radius 2 is 2.07 bits per heavy atom. The Morgan fingerprint density at radius 3 is 2.57 bits per heavy atom. The molecule has 0 amide bonds. The molecule has 0 saturated carbocycles. The molecule has 0 spiro atoms. The van der Waals surface area contributed by atoms with Crippen LogP contribution in [0.5, 0.6) is 0 Å². The number of hydrogen-bond donors (Lipinski definition) is 0. The lowest BCUT2D eigenvalue weighted by atomic mass is 10.1. The SMILES string of the molecule is CCCC[C@H]1O[C@@H]1C(=O)OC(C)(C)C. The van der Waals surface area contributed by atoms with Crippen LogP contribution in [0.1, 0.15) is 47.0 Å². The molecule has 0 radical (unpaired) electrons. The fourth-order valence-electron chi connectivity index (χ4n) is 1.33. The average molecular weight is 200 g/mol. The predicted molar refractivity (Wildman–Crippen MR) is 54.0 cm³/mol. The summed E-state index contributed by atoms with van der Waals surface area (Å²) >= 11 is 0. The summed E-state index contributed by atoms with van der Waals surface area (Å²) < 4.78 is 10.5. The highest BCUT2D eigenvalue weighted by atomic mass is 16.6. The Balaban J connectivity index is 2.22. The van der Waals surface area contributed by atoms with Gasteiger partial charge in [0, 0.05) is 0 Å². The molecule has 0 aromatic heterocycles. The summed E-state index contributed by atoms with van der Waals surface area (Å²) in [5, 5.41) is 0. The topological polar surface area (TPSA) is 38.8 Å². The number of ether oxygens (including phenoxy) is 2. The third-order valence-electron chi connectivity index (χ3n) is 2.06. The van der Waals surface area contributed by atoms with E-state index in [-0.39, 0.29) is 18.2 Å². The third kappa shape index (κ3) is 3.66. The first-order valence-electron chi connectivity index (χ1n) is 5.32. The fraction of sp³-hybridized carbons (Fsp3) is 0.909. The standard InChI is InChI=1S/C11H20O3/c1-5-6-7-8-9(13-8)10(12)14-11(2,3)4/h8-9H,5-7H2,1-4H3/t8-,9+/m1/s1. The van der Waals surface area contributed by atoms with Crippen LogP contribution < -0.4 is 0 Å². The maximum absolute atomic E-state index is 11.4. The van der Waals surface area contributed by atoms with Crippen molar-refractivity contribution in [2.24, 2.45) is 0 Å². The van der Waals surface area contributed by atoms with Gasteiger partial charge in [-0.25, -0.2) is 4.79 Å². The van der Waals surface area contributed by atoms with Gasteiger partial charge in [0.1, 0.15) is 5.60 Å². The van der Waals surface area contributed by atoms with E-state index < -0.39 is 5.60 Å². The fourth-order valence-corrected chi connectivity index (χ4v) is 1.33. The van der Waals surface area contributed by atoms with Crippen molar-refractivity contribution in [2.75, 3.05) is 0 Å². The Morgan fingerprint density at radius 1 is 1.43 bits per heavy atom. The molecule has 82 valence electrons. The van der Waals surface area contributed by atoms with Crippen molar-refractivity contribution in [3.05, 3.63) is 0 Å². The van der Waals surface area contributed by atoms with Gasteiger partial charge in [-0.05, 0) is 27.2 Å². The molecule has 0 unspecified atom stereocenters. The van der Waals surface area contributed by atoms with Gasteiger partial charge in [-0.3, -0.25) is 0 Å². The first-order chi connectivity index (χ1) is 6.44. The number of unbranched alkanes of at least 4 members (excludes halogenated alkanes) is 1. The highest BCUT2D eigenvalue weighted by molar-refractivity contribution is 5.78. The molecule has 1 heterocycles. The van der Waals surface area contributed by atoms with Gasteiger partial charge in [0.05, 0.1) is 6.10 Å². The summed E-state index contributed by atoms with van der Waals surface area (Å²) in [6.45, 7) is 7.74. The molecule has 14 heavy (non-hydrogen) atoms. The average Bonchev–Trinajstić information content (AvgIpc) is 2.76. The third-order valence-corrected chi connectivity index (χ3v) is 2.06. The van der Waals surface area contributed by atoms with E-state index in [1.807, 2.05) is 20.8 Å². The molecule has 3 heteroatoms.